The highest BCUT2D eigenvalue weighted by atomic mass is 16.5. The lowest BCUT2D eigenvalue weighted by Crippen LogP contribution is -2.33. The fourth-order valence-electron chi connectivity index (χ4n) is 4.88. The molecule has 2 aromatic heterocycles. The van der Waals surface area contributed by atoms with Crippen molar-refractivity contribution in [2.75, 3.05) is 22.9 Å². The number of amides is 3. The van der Waals surface area contributed by atoms with Gasteiger partial charge in [0.05, 0.1) is 5.56 Å². The van der Waals surface area contributed by atoms with Gasteiger partial charge < -0.3 is 10.3 Å². The van der Waals surface area contributed by atoms with Crippen LogP contribution in [0.5, 0.6) is 0 Å². The monoisotopic (exact) mass is 497 g/mol. The summed E-state index contributed by atoms with van der Waals surface area (Å²) < 4.78 is 6.65. The average Bonchev–Trinajstić information content (AvgIpc) is 3.41. The van der Waals surface area contributed by atoms with Crippen LogP contribution >= 0.6 is 0 Å². The summed E-state index contributed by atoms with van der Waals surface area (Å²) in [5.74, 6) is 0.642. The molecule has 0 unspecified atom stereocenters. The number of aryl methyl sites for hydroxylation is 2. The van der Waals surface area contributed by atoms with Crippen LogP contribution in [0.4, 0.5) is 16.3 Å². The van der Waals surface area contributed by atoms with Gasteiger partial charge in [-0.25, -0.2) is 9.78 Å². The van der Waals surface area contributed by atoms with Gasteiger partial charge in [-0.1, -0.05) is 37.3 Å². The van der Waals surface area contributed by atoms with Gasteiger partial charge in [-0.15, -0.1) is 0 Å². The molecule has 0 atom stereocenters. The first-order valence-electron chi connectivity index (χ1n) is 12.0. The summed E-state index contributed by atoms with van der Waals surface area (Å²) in [5.41, 5.74) is 10.4. The van der Waals surface area contributed by atoms with Gasteiger partial charge in [-0.05, 0) is 54.3 Å². The number of hydrogen-bond acceptors (Lipinski definition) is 5. The molecule has 2 N–H and O–H groups in total. The Bertz CT molecular complexity index is 1570. The maximum atomic E-state index is 13.4. The lowest BCUT2D eigenvalue weighted by molar-refractivity contribution is 0.1000. The minimum atomic E-state index is -0.540. The Labute approximate surface area is 213 Å². The van der Waals surface area contributed by atoms with Crippen molar-refractivity contribution >= 4 is 23.4 Å². The van der Waals surface area contributed by atoms with E-state index in [4.69, 9.17) is 10.3 Å². The summed E-state index contributed by atoms with van der Waals surface area (Å²) in [5, 5.41) is 0. The zero-order valence-electron chi connectivity index (χ0n) is 20.9. The van der Waals surface area contributed by atoms with Crippen LogP contribution in [0.2, 0.25) is 0 Å². The van der Waals surface area contributed by atoms with E-state index in [-0.39, 0.29) is 11.6 Å². The van der Waals surface area contributed by atoms with E-state index >= 15 is 0 Å². The number of nitrogens with two attached hydrogens (primary N) is 1. The predicted octanol–water partition coefficient (Wildman–Crippen LogP) is 4.12. The summed E-state index contributed by atoms with van der Waals surface area (Å²) in [6.45, 7) is 4.73. The molecule has 1 saturated heterocycles. The molecule has 0 aliphatic carbocycles. The number of hydrogen-bond donors (Lipinski definition) is 1. The Hall–Kier alpha value is -4.66. The van der Waals surface area contributed by atoms with Crippen molar-refractivity contribution in [2.24, 2.45) is 12.8 Å². The van der Waals surface area contributed by atoms with Crippen LogP contribution in [-0.4, -0.2) is 34.8 Å². The molecule has 37 heavy (non-hydrogen) atoms. The van der Waals surface area contributed by atoms with Crippen molar-refractivity contribution in [3.05, 3.63) is 88.0 Å². The highest BCUT2D eigenvalue weighted by Crippen LogP contribution is 2.34. The molecule has 1 aliphatic rings. The molecule has 3 amide bonds. The molecule has 3 heterocycles. The molecule has 2 aromatic carbocycles. The Balaban J connectivity index is 1.47. The predicted molar refractivity (Wildman–Crippen MR) is 142 cm³/mol. The number of pyridine rings is 1. The molecule has 0 bridgehead atoms. The number of anilines is 2. The zero-order valence-corrected chi connectivity index (χ0v) is 20.9. The minimum Gasteiger partial charge on any atom is -0.381 e. The number of carbonyl (C=O) groups excluding carboxylic acids is 2. The summed E-state index contributed by atoms with van der Waals surface area (Å²) in [7, 11) is 1.59. The van der Waals surface area contributed by atoms with E-state index in [2.05, 4.69) is 4.98 Å². The van der Waals surface area contributed by atoms with Crippen molar-refractivity contribution < 1.29 is 14.1 Å². The standard InChI is InChI=1S/C28H27N5O4/c1-4-22-23(18-8-10-19(11-9-18)24-17(2)37-31(3)27(24)35)12-13-30-26(22)33-15-14-32(28(33)36)21-7-5-6-20(16-21)25(29)34/h5-13,16H,4,14-15H2,1-3H3,(H2,29,34). The smallest absolute Gasteiger partial charge is 0.330 e. The number of primary amides is 1. The fraction of sp³-hybridized carbons (Fsp3) is 0.214. The minimum absolute atomic E-state index is 0.177. The summed E-state index contributed by atoms with van der Waals surface area (Å²) in [6, 6.07) is 16.2. The quantitative estimate of drug-likeness (QED) is 0.430. The largest absolute Gasteiger partial charge is 0.381 e. The first kappa shape index (κ1) is 24.1. The maximum absolute atomic E-state index is 13.4. The molecular weight excluding hydrogens is 470 g/mol. The third kappa shape index (κ3) is 4.18. The normalized spacial score (nSPS) is 13.4. The number of nitrogens with zero attached hydrogens (tertiary/aromatic N) is 4. The van der Waals surface area contributed by atoms with E-state index in [1.807, 2.05) is 37.3 Å². The van der Waals surface area contributed by atoms with Crippen LogP contribution in [0, 0.1) is 6.92 Å². The van der Waals surface area contributed by atoms with Crippen LogP contribution in [0.3, 0.4) is 0 Å². The van der Waals surface area contributed by atoms with Gasteiger partial charge >= 0.3 is 6.03 Å². The second-order valence-electron chi connectivity index (χ2n) is 8.92. The van der Waals surface area contributed by atoms with Gasteiger partial charge in [0, 0.05) is 43.1 Å². The third-order valence-electron chi connectivity index (χ3n) is 6.70. The summed E-state index contributed by atoms with van der Waals surface area (Å²) in [6.07, 6.45) is 2.37. The third-order valence-corrected chi connectivity index (χ3v) is 6.70. The van der Waals surface area contributed by atoms with Gasteiger partial charge in [0.25, 0.3) is 5.56 Å². The molecule has 0 saturated carbocycles. The topological polar surface area (TPSA) is 115 Å². The molecular formula is C28H27N5O4. The Kier molecular flexibility index (Phi) is 6.12. The van der Waals surface area contributed by atoms with Gasteiger partial charge in [0.2, 0.25) is 5.91 Å². The van der Waals surface area contributed by atoms with E-state index < -0.39 is 5.91 Å². The molecule has 0 radical (unpaired) electrons. The van der Waals surface area contributed by atoms with Crippen molar-refractivity contribution in [3.8, 4) is 22.3 Å². The number of urea groups is 1. The lowest BCUT2D eigenvalue weighted by Gasteiger charge is -2.22. The van der Waals surface area contributed by atoms with E-state index in [9.17, 15) is 14.4 Å². The van der Waals surface area contributed by atoms with Crippen LogP contribution < -0.4 is 21.1 Å². The second kappa shape index (κ2) is 9.42. The van der Waals surface area contributed by atoms with Gasteiger partial charge in [0.15, 0.2) is 0 Å². The van der Waals surface area contributed by atoms with E-state index in [1.54, 1.807) is 54.2 Å². The van der Waals surface area contributed by atoms with Gasteiger partial charge in [0.1, 0.15) is 11.6 Å². The van der Waals surface area contributed by atoms with Crippen LogP contribution in [0.15, 0.2) is 70.1 Å². The highest BCUT2D eigenvalue weighted by Gasteiger charge is 2.33. The molecule has 5 rings (SSSR count). The molecule has 1 aliphatic heterocycles. The Morgan fingerprint density at radius 3 is 2.38 bits per heavy atom. The van der Waals surface area contributed by atoms with E-state index in [1.165, 1.54) is 4.74 Å². The fourth-order valence-corrected chi connectivity index (χ4v) is 4.88. The Morgan fingerprint density at radius 1 is 1.03 bits per heavy atom. The molecule has 1 fully saturated rings. The maximum Gasteiger partial charge on any atom is 0.330 e. The summed E-state index contributed by atoms with van der Waals surface area (Å²) in [4.78, 5) is 45.4. The van der Waals surface area contributed by atoms with Gasteiger partial charge in [-0.2, -0.15) is 4.74 Å². The van der Waals surface area contributed by atoms with Crippen LogP contribution in [0.1, 0.15) is 28.6 Å². The van der Waals surface area contributed by atoms with Crippen LogP contribution in [0.25, 0.3) is 22.3 Å². The van der Waals surface area contributed by atoms with Crippen molar-refractivity contribution in [3.63, 3.8) is 0 Å². The van der Waals surface area contributed by atoms with Crippen molar-refractivity contribution in [2.45, 2.75) is 20.3 Å². The number of carbonyl (C=O) groups is 2. The Morgan fingerprint density at radius 2 is 1.73 bits per heavy atom. The molecule has 9 nitrogen and oxygen atoms in total. The molecule has 188 valence electrons. The second-order valence-corrected chi connectivity index (χ2v) is 8.92. The van der Waals surface area contributed by atoms with Gasteiger partial charge in [-0.3, -0.25) is 19.4 Å². The first-order chi connectivity index (χ1) is 17.8. The van der Waals surface area contributed by atoms with E-state index in [0.29, 0.717) is 47.9 Å². The molecule has 0 spiro atoms. The molecule has 9 heteroatoms. The van der Waals surface area contributed by atoms with Crippen molar-refractivity contribution in [1.29, 1.82) is 0 Å². The summed E-state index contributed by atoms with van der Waals surface area (Å²) >= 11 is 0. The van der Waals surface area contributed by atoms with Crippen molar-refractivity contribution in [1.82, 2.24) is 9.72 Å². The lowest BCUT2D eigenvalue weighted by atomic mass is 9.96. The highest BCUT2D eigenvalue weighted by molar-refractivity contribution is 6.07. The molecule has 4 aromatic rings. The first-order valence-corrected chi connectivity index (χ1v) is 12.0. The van der Waals surface area contributed by atoms with E-state index in [0.717, 1.165) is 22.3 Å². The number of rotatable bonds is 6. The zero-order chi connectivity index (χ0) is 26.3. The number of aromatic nitrogens is 2. The van der Waals surface area contributed by atoms with Crippen LogP contribution in [-0.2, 0) is 13.5 Å². The average molecular weight is 498 g/mol. The SMILES string of the molecule is CCc1c(-c2ccc(-c3c(C)on(C)c3=O)cc2)ccnc1N1CCN(c2cccc(C(N)=O)c2)C1=O. The number of benzene rings is 2.